The molecule has 0 heterocycles. The summed E-state index contributed by atoms with van der Waals surface area (Å²) in [6.07, 6.45) is 0. The number of hydrogen-bond acceptors (Lipinski definition) is 2. The summed E-state index contributed by atoms with van der Waals surface area (Å²) in [5.41, 5.74) is 0.807. The van der Waals surface area contributed by atoms with E-state index in [9.17, 15) is 8.66 Å². The molecule has 0 saturated heterocycles. The molecule has 4 nitrogen and oxygen atoms in total. The first kappa shape index (κ1) is 13.8. The van der Waals surface area contributed by atoms with Gasteiger partial charge in [-0.25, -0.2) is 0 Å². The van der Waals surface area contributed by atoms with E-state index in [0.29, 0.717) is 0 Å². The van der Waals surface area contributed by atoms with Crippen LogP contribution in [-0.4, -0.2) is 37.2 Å². The molecule has 0 bridgehead atoms. The molecule has 1 aromatic rings. The summed E-state index contributed by atoms with van der Waals surface area (Å²) < 4.78 is 19.9. The van der Waals surface area contributed by atoms with Crippen molar-refractivity contribution in [2.75, 3.05) is 0 Å². The van der Waals surface area contributed by atoms with Crippen LogP contribution in [0.2, 0.25) is 0 Å². The summed E-state index contributed by atoms with van der Waals surface area (Å²) in [5, 5.41) is 0. The van der Waals surface area contributed by atoms with Crippen molar-refractivity contribution < 1.29 is 18.4 Å². The van der Waals surface area contributed by atoms with Crippen LogP contribution in [-0.2, 0) is 4.57 Å². The van der Waals surface area contributed by atoms with Gasteiger partial charge in [-0.3, -0.25) is 0 Å². The van der Waals surface area contributed by atoms with Gasteiger partial charge in [0.05, 0.1) is 0 Å². The molecule has 0 aromatic heterocycles. The Bertz CT molecular complexity index is 435. The Morgan fingerprint density at radius 3 is 2.19 bits per heavy atom. The van der Waals surface area contributed by atoms with Crippen molar-refractivity contribution in [1.29, 1.82) is 0 Å². The van der Waals surface area contributed by atoms with Gasteiger partial charge in [-0.1, -0.05) is 0 Å². The monoisotopic (exact) mass is 306 g/mol. The van der Waals surface area contributed by atoms with Gasteiger partial charge in [-0.05, 0) is 0 Å². The summed E-state index contributed by atoms with van der Waals surface area (Å²) in [6, 6.07) is 9.10. The zero-order valence-electron chi connectivity index (χ0n) is 9.16. The van der Waals surface area contributed by atoms with Crippen LogP contribution in [0.5, 0.6) is 0 Å². The van der Waals surface area contributed by atoms with E-state index < -0.39 is 26.1 Å². The Morgan fingerprint density at radius 1 is 1.25 bits per heavy atom. The predicted molar refractivity (Wildman–Crippen MR) is 67.1 cm³/mol. The third kappa shape index (κ3) is 3.13. The van der Waals surface area contributed by atoms with E-state index in [1.54, 1.807) is 16.9 Å². The van der Waals surface area contributed by atoms with E-state index >= 15 is 0 Å². The Hall–Kier alpha value is -0.242. The average molecular weight is 306 g/mol. The maximum atomic E-state index is 11.2. The molecule has 1 unspecified atom stereocenters. The minimum atomic E-state index is -4.27. The van der Waals surface area contributed by atoms with Crippen LogP contribution in [0.1, 0.15) is 19.4 Å². The predicted octanol–water partition coefficient (Wildman–Crippen LogP) is 0.630. The standard InChI is InChI=1S/C10H16AsO4P/c1-10(2,16(13,14)15)11(12)8-9-6-4-3-5-7-9/h3-8,11-12H,1-2H3,(H2,13,14,15). The van der Waals surface area contributed by atoms with Crippen LogP contribution in [0.15, 0.2) is 30.3 Å². The van der Waals surface area contributed by atoms with Gasteiger partial charge in [-0.2, -0.15) is 0 Å². The fourth-order valence-electron chi connectivity index (χ4n) is 1.03. The van der Waals surface area contributed by atoms with E-state index in [1.165, 1.54) is 13.8 Å². The molecule has 0 saturated carbocycles. The van der Waals surface area contributed by atoms with Gasteiger partial charge in [0.15, 0.2) is 0 Å². The molecular weight excluding hydrogens is 290 g/mol. The molecule has 0 radical (unpaired) electrons. The molecule has 90 valence electrons. The molecule has 6 heteroatoms. The van der Waals surface area contributed by atoms with Crippen molar-refractivity contribution in [2.24, 2.45) is 0 Å². The van der Waals surface area contributed by atoms with Crippen molar-refractivity contribution in [1.82, 2.24) is 0 Å². The van der Waals surface area contributed by atoms with Gasteiger partial charge in [0.25, 0.3) is 0 Å². The van der Waals surface area contributed by atoms with Crippen LogP contribution < -0.4 is 0 Å². The van der Waals surface area contributed by atoms with E-state index in [0.717, 1.165) is 5.56 Å². The van der Waals surface area contributed by atoms with Crippen LogP contribution >= 0.6 is 7.60 Å². The molecule has 0 fully saturated rings. The first-order chi connectivity index (χ1) is 7.25. The Morgan fingerprint density at radius 2 is 1.75 bits per heavy atom. The number of benzene rings is 1. The van der Waals surface area contributed by atoms with Crippen molar-refractivity contribution >= 4 is 27.0 Å². The second kappa shape index (κ2) is 4.95. The first-order valence-electron chi connectivity index (χ1n) is 4.77. The molecule has 0 spiro atoms. The number of rotatable bonds is 3. The van der Waals surface area contributed by atoms with Gasteiger partial charge in [0, 0.05) is 0 Å². The average Bonchev–Trinajstić information content (AvgIpc) is 2.17. The molecule has 0 aliphatic carbocycles. The second-order valence-electron chi connectivity index (χ2n) is 4.04. The summed E-state index contributed by atoms with van der Waals surface area (Å²) in [4.78, 5) is 19.9. The SMILES string of the molecule is CC(C)([AsH](O)=Cc1ccccc1)P(=O)(O)O. The Labute approximate surface area is 99.2 Å². The second-order valence-corrected chi connectivity index (χ2v) is 12.0. The van der Waals surface area contributed by atoms with Gasteiger partial charge in [0.2, 0.25) is 0 Å². The Kier molecular flexibility index (Phi) is 4.28. The summed E-state index contributed by atoms with van der Waals surface area (Å²) in [5.74, 6) is 0. The first-order valence-corrected chi connectivity index (χ1v) is 9.58. The summed E-state index contributed by atoms with van der Waals surface area (Å²) >= 11 is -2.94. The van der Waals surface area contributed by atoms with Gasteiger partial charge in [0.1, 0.15) is 0 Å². The van der Waals surface area contributed by atoms with Gasteiger partial charge in [-0.15, -0.1) is 0 Å². The molecule has 1 atom stereocenters. The number of hydrogen-bond donors (Lipinski definition) is 3. The van der Waals surface area contributed by atoms with Crippen molar-refractivity contribution in [3.63, 3.8) is 0 Å². The third-order valence-corrected chi connectivity index (χ3v) is 10.8. The van der Waals surface area contributed by atoms with Crippen molar-refractivity contribution in [3.05, 3.63) is 35.9 Å². The van der Waals surface area contributed by atoms with E-state index in [1.807, 2.05) is 18.2 Å². The van der Waals surface area contributed by atoms with Gasteiger partial charge < -0.3 is 0 Å². The fraction of sp³-hybridized carbons (Fsp3) is 0.300. The van der Waals surface area contributed by atoms with Crippen LogP contribution in [0.25, 0.3) is 0 Å². The van der Waals surface area contributed by atoms with Gasteiger partial charge >= 0.3 is 99.1 Å². The maximum absolute atomic E-state index is 11.2. The normalized spacial score (nSPS) is 15.1. The minimum absolute atomic E-state index is 0.807. The molecule has 1 rings (SSSR count). The fourth-order valence-corrected chi connectivity index (χ4v) is 5.35. The van der Waals surface area contributed by atoms with Crippen LogP contribution in [0, 0.1) is 0 Å². The zero-order valence-corrected chi connectivity index (χ0v) is 12.2. The van der Waals surface area contributed by atoms with Crippen LogP contribution in [0.3, 0.4) is 0 Å². The van der Waals surface area contributed by atoms with E-state index in [2.05, 4.69) is 0 Å². The van der Waals surface area contributed by atoms with E-state index in [4.69, 9.17) is 9.79 Å². The molecule has 0 aliphatic heterocycles. The summed E-state index contributed by atoms with van der Waals surface area (Å²) in [6.45, 7) is 2.84. The summed E-state index contributed by atoms with van der Waals surface area (Å²) in [7, 11) is -4.27. The van der Waals surface area contributed by atoms with Crippen molar-refractivity contribution in [2.45, 2.75) is 17.8 Å². The van der Waals surface area contributed by atoms with Crippen LogP contribution in [0.4, 0.5) is 0 Å². The molecular formula is C10H16AsO4P. The van der Waals surface area contributed by atoms with Crippen molar-refractivity contribution in [3.8, 4) is 0 Å². The molecule has 0 amide bonds. The quantitative estimate of drug-likeness (QED) is 0.565. The molecule has 1 aromatic carbocycles. The van der Waals surface area contributed by atoms with E-state index in [-0.39, 0.29) is 0 Å². The molecule has 3 N–H and O–H groups in total. The topological polar surface area (TPSA) is 77.8 Å². The zero-order chi connectivity index (χ0) is 12.4. The molecule has 16 heavy (non-hydrogen) atoms. The Balaban J connectivity index is 3.08. The molecule has 0 aliphatic rings. The third-order valence-electron chi connectivity index (χ3n) is 2.46.